The van der Waals surface area contributed by atoms with Crippen LogP contribution in [0.3, 0.4) is 0 Å². The SMILES string of the molecule is CCCCN(C(=O)CCn1cnc2ccccc21)C1CCS(=O)(=O)C1. The molecule has 2 heterocycles. The number of sulfone groups is 1. The Hall–Kier alpha value is -1.89. The van der Waals surface area contributed by atoms with Crippen LogP contribution in [0.5, 0.6) is 0 Å². The number of fused-ring (bicyclic) bond motifs is 1. The van der Waals surface area contributed by atoms with Gasteiger partial charge in [0.1, 0.15) is 0 Å². The number of aryl methyl sites for hydroxylation is 1. The Morgan fingerprint density at radius 2 is 2.16 bits per heavy atom. The third-order valence-electron chi connectivity index (χ3n) is 4.82. The van der Waals surface area contributed by atoms with Gasteiger partial charge in [-0.25, -0.2) is 13.4 Å². The molecule has 1 fully saturated rings. The van der Waals surface area contributed by atoms with Gasteiger partial charge in [0.05, 0.1) is 28.9 Å². The van der Waals surface area contributed by atoms with Gasteiger partial charge < -0.3 is 9.47 Å². The van der Waals surface area contributed by atoms with Crippen molar-refractivity contribution in [3.05, 3.63) is 30.6 Å². The molecular weight excluding hydrogens is 338 g/mol. The molecule has 1 aliphatic rings. The maximum absolute atomic E-state index is 12.8. The Morgan fingerprint density at radius 1 is 1.36 bits per heavy atom. The van der Waals surface area contributed by atoms with E-state index in [1.54, 1.807) is 11.2 Å². The van der Waals surface area contributed by atoms with Crippen LogP contribution >= 0.6 is 0 Å². The molecule has 0 spiro atoms. The molecule has 6 nitrogen and oxygen atoms in total. The van der Waals surface area contributed by atoms with E-state index in [0.717, 1.165) is 23.9 Å². The van der Waals surface area contributed by atoms with E-state index in [1.807, 2.05) is 28.8 Å². The van der Waals surface area contributed by atoms with Crippen LogP contribution in [0.2, 0.25) is 0 Å². The highest BCUT2D eigenvalue weighted by Crippen LogP contribution is 2.20. The number of imidazole rings is 1. The lowest BCUT2D eigenvalue weighted by Crippen LogP contribution is -2.42. The van der Waals surface area contributed by atoms with Crippen molar-refractivity contribution in [1.29, 1.82) is 0 Å². The van der Waals surface area contributed by atoms with E-state index in [0.29, 0.717) is 25.9 Å². The highest BCUT2D eigenvalue weighted by Gasteiger charge is 2.34. The van der Waals surface area contributed by atoms with Crippen LogP contribution in [0.1, 0.15) is 32.6 Å². The normalized spacial score (nSPS) is 19.3. The molecule has 0 radical (unpaired) electrons. The number of hydrogen-bond acceptors (Lipinski definition) is 4. The predicted octanol–water partition coefficient (Wildman–Crippen LogP) is 2.24. The molecule has 3 rings (SSSR count). The maximum atomic E-state index is 12.8. The molecule has 7 heteroatoms. The van der Waals surface area contributed by atoms with Gasteiger partial charge in [-0.05, 0) is 25.0 Å². The molecule has 25 heavy (non-hydrogen) atoms. The summed E-state index contributed by atoms with van der Waals surface area (Å²) in [4.78, 5) is 18.9. The van der Waals surface area contributed by atoms with Crippen molar-refractivity contribution in [3.8, 4) is 0 Å². The molecule has 0 saturated carbocycles. The molecule has 1 aliphatic heterocycles. The zero-order valence-corrected chi connectivity index (χ0v) is 15.4. The molecular formula is C18H25N3O3S. The average Bonchev–Trinajstić information content (AvgIpc) is 3.16. The van der Waals surface area contributed by atoms with Gasteiger partial charge in [-0.3, -0.25) is 4.79 Å². The van der Waals surface area contributed by atoms with Crippen LogP contribution in [0.4, 0.5) is 0 Å². The lowest BCUT2D eigenvalue weighted by atomic mass is 10.1. The third kappa shape index (κ3) is 4.21. The fourth-order valence-electron chi connectivity index (χ4n) is 3.41. The molecule has 0 N–H and O–H groups in total. The second kappa shape index (κ2) is 7.56. The van der Waals surface area contributed by atoms with E-state index in [2.05, 4.69) is 11.9 Å². The summed E-state index contributed by atoms with van der Waals surface area (Å²) in [6.07, 6.45) is 4.56. The minimum atomic E-state index is -3.00. The number of amides is 1. The van der Waals surface area contributed by atoms with Crippen LogP contribution in [-0.4, -0.2) is 52.9 Å². The van der Waals surface area contributed by atoms with E-state index in [1.165, 1.54) is 0 Å². The second-order valence-corrected chi connectivity index (χ2v) is 8.90. The van der Waals surface area contributed by atoms with Gasteiger partial charge in [0.25, 0.3) is 0 Å². The summed E-state index contributed by atoms with van der Waals surface area (Å²) in [5.74, 6) is 0.337. The van der Waals surface area contributed by atoms with Gasteiger partial charge in [-0.1, -0.05) is 25.5 Å². The number of aromatic nitrogens is 2. The molecule has 1 atom stereocenters. The Kier molecular flexibility index (Phi) is 5.42. The van der Waals surface area contributed by atoms with E-state index in [-0.39, 0.29) is 23.5 Å². The Morgan fingerprint density at radius 3 is 2.88 bits per heavy atom. The van der Waals surface area contributed by atoms with Crippen molar-refractivity contribution in [2.45, 2.75) is 45.2 Å². The molecule has 0 aliphatic carbocycles. The van der Waals surface area contributed by atoms with Crippen molar-refractivity contribution in [1.82, 2.24) is 14.5 Å². The van der Waals surface area contributed by atoms with Crippen molar-refractivity contribution in [3.63, 3.8) is 0 Å². The Balaban J connectivity index is 1.67. The predicted molar refractivity (Wildman–Crippen MR) is 98.0 cm³/mol. The third-order valence-corrected chi connectivity index (χ3v) is 6.57. The highest BCUT2D eigenvalue weighted by molar-refractivity contribution is 7.91. The molecule has 136 valence electrons. The van der Waals surface area contributed by atoms with Crippen LogP contribution in [0.25, 0.3) is 11.0 Å². The molecule has 2 aromatic rings. The van der Waals surface area contributed by atoms with Gasteiger partial charge in [-0.2, -0.15) is 0 Å². The van der Waals surface area contributed by atoms with Crippen LogP contribution in [0, 0.1) is 0 Å². The number of rotatable bonds is 7. The molecule has 1 amide bonds. The molecule has 1 aromatic heterocycles. The van der Waals surface area contributed by atoms with Gasteiger partial charge in [0, 0.05) is 25.6 Å². The fourth-order valence-corrected chi connectivity index (χ4v) is 5.14. The van der Waals surface area contributed by atoms with Crippen LogP contribution in [0.15, 0.2) is 30.6 Å². The lowest BCUT2D eigenvalue weighted by Gasteiger charge is -2.28. The van der Waals surface area contributed by atoms with E-state index < -0.39 is 9.84 Å². The molecule has 1 saturated heterocycles. The van der Waals surface area contributed by atoms with Crippen LogP contribution < -0.4 is 0 Å². The van der Waals surface area contributed by atoms with Gasteiger partial charge >= 0.3 is 0 Å². The summed E-state index contributed by atoms with van der Waals surface area (Å²) in [5.41, 5.74) is 1.93. The summed E-state index contributed by atoms with van der Waals surface area (Å²) in [7, 11) is -3.00. The average molecular weight is 363 g/mol. The first-order valence-electron chi connectivity index (χ1n) is 8.90. The fraction of sp³-hybridized carbons (Fsp3) is 0.556. The largest absolute Gasteiger partial charge is 0.339 e. The maximum Gasteiger partial charge on any atom is 0.224 e. The quantitative estimate of drug-likeness (QED) is 0.756. The summed E-state index contributed by atoms with van der Waals surface area (Å²) in [6.45, 7) is 3.27. The Bertz CT molecular complexity index is 844. The smallest absolute Gasteiger partial charge is 0.224 e. The highest BCUT2D eigenvalue weighted by atomic mass is 32.2. The zero-order chi connectivity index (χ0) is 17.9. The summed E-state index contributed by atoms with van der Waals surface area (Å²) in [6, 6.07) is 7.68. The number of hydrogen-bond donors (Lipinski definition) is 0. The van der Waals surface area contributed by atoms with Crippen molar-refractivity contribution < 1.29 is 13.2 Å². The molecule has 1 unspecified atom stereocenters. The molecule has 0 bridgehead atoms. The van der Waals surface area contributed by atoms with Crippen molar-refractivity contribution in [2.24, 2.45) is 0 Å². The van der Waals surface area contributed by atoms with Gasteiger partial charge in [-0.15, -0.1) is 0 Å². The topological polar surface area (TPSA) is 72.3 Å². The van der Waals surface area contributed by atoms with Crippen molar-refractivity contribution in [2.75, 3.05) is 18.1 Å². The summed E-state index contributed by atoms with van der Waals surface area (Å²) < 4.78 is 25.5. The zero-order valence-electron chi connectivity index (χ0n) is 14.6. The lowest BCUT2D eigenvalue weighted by molar-refractivity contribution is -0.133. The van der Waals surface area contributed by atoms with Gasteiger partial charge in [0.2, 0.25) is 5.91 Å². The first-order chi connectivity index (χ1) is 12.0. The summed E-state index contributed by atoms with van der Waals surface area (Å²) >= 11 is 0. The minimum Gasteiger partial charge on any atom is -0.339 e. The number of unbranched alkanes of at least 4 members (excludes halogenated alkanes) is 1. The second-order valence-electron chi connectivity index (χ2n) is 6.67. The minimum absolute atomic E-state index is 0.0355. The monoisotopic (exact) mass is 363 g/mol. The summed E-state index contributed by atoms with van der Waals surface area (Å²) in [5, 5.41) is 0. The number of carbonyl (C=O) groups is 1. The first-order valence-corrected chi connectivity index (χ1v) is 10.7. The van der Waals surface area contributed by atoms with Crippen LogP contribution in [-0.2, 0) is 21.2 Å². The van der Waals surface area contributed by atoms with E-state index >= 15 is 0 Å². The molecule has 1 aromatic carbocycles. The number of para-hydroxylation sites is 2. The van der Waals surface area contributed by atoms with E-state index in [9.17, 15) is 13.2 Å². The number of benzene rings is 1. The first kappa shape index (κ1) is 17.9. The Labute approximate surface area is 148 Å². The van der Waals surface area contributed by atoms with Crippen molar-refractivity contribution >= 4 is 26.8 Å². The van der Waals surface area contributed by atoms with E-state index in [4.69, 9.17) is 0 Å². The standard InChI is InChI=1S/C18H25N3O3S/c1-2-3-10-21(15-9-12-25(23,24)13-15)18(22)8-11-20-14-19-16-6-4-5-7-17(16)20/h4-7,14-15H,2-3,8-13H2,1H3. The number of carbonyl (C=O) groups excluding carboxylic acids is 1. The number of nitrogens with zero attached hydrogens (tertiary/aromatic N) is 3. The van der Waals surface area contributed by atoms with Gasteiger partial charge in [0.15, 0.2) is 9.84 Å².